The van der Waals surface area contributed by atoms with Gasteiger partial charge >= 0.3 is 0 Å². The SMILES string of the molecule is CCCNC(=O)CN1CCN(c2ccc(S(N)(=O)=O)cc2S(C)(=O)=O)CC1. The van der Waals surface area contributed by atoms with E-state index in [9.17, 15) is 21.6 Å². The van der Waals surface area contributed by atoms with E-state index in [0.717, 1.165) is 18.7 Å². The van der Waals surface area contributed by atoms with Gasteiger partial charge in [-0.25, -0.2) is 22.0 Å². The Bertz CT molecular complexity index is 891. The normalized spacial score (nSPS) is 16.3. The first-order valence-corrected chi connectivity index (χ1v) is 12.1. The van der Waals surface area contributed by atoms with Gasteiger partial charge in [0.15, 0.2) is 9.84 Å². The minimum absolute atomic E-state index is 0.0281. The van der Waals surface area contributed by atoms with Crippen LogP contribution in [0.15, 0.2) is 28.0 Å². The van der Waals surface area contributed by atoms with Gasteiger partial charge in [-0.3, -0.25) is 9.69 Å². The molecule has 1 aliphatic heterocycles. The van der Waals surface area contributed by atoms with Crippen molar-refractivity contribution in [2.45, 2.75) is 23.1 Å². The molecule has 1 heterocycles. The van der Waals surface area contributed by atoms with E-state index in [1.165, 1.54) is 12.1 Å². The van der Waals surface area contributed by atoms with Crippen molar-refractivity contribution in [2.75, 3.05) is 50.4 Å². The first-order valence-electron chi connectivity index (χ1n) is 8.63. The number of benzene rings is 1. The number of anilines is 1. The van der Waals surface area contributed by atoms with E-state index in [1.807, 2.05) is 16.7 Å². The molecule has 3 N–H and O–H groups in total. The van der Waals surface area contributed by atoms with Crippen molar-refractivity contribution in [3.8, 4) is 0 Å². The van der Waals surface area contributed by atoms with Crippen LogP contribution in [0, 0.1) is 0 Å². The number of hydrogen-bond acceptors (Lipinski definition) is 7. The molecule has 0 radical (unpaired) electrons. The summed E-state index contributed by atoms with van der Waals surface area (Å²) in [6, 6.07) is 3.88. The highest BCUT2D eigenvalue weighted by Gasteiger charge is 2.25. The summed E-state index contributed by atoms with van der Waals surface area (Å²) in [6.45, 7) is 5.18. The standard InChI is InChI=1S/C16H26N4O5S2/c1-3-6-18-16(21)12-19-7-9-20(10-8-19)14-5-4-13(27(17,24)25)11-15(14)26(2,22)23/h4-5,11H,3,6-10,12H2,1-2H3,(H,18,21)(H2,17,24,25). The van der Waals surface area contributed by atoms with Gasteiger partial charge in [0.25, 0.3) is 0 Å². The minimum atomic E-state index is -4.00. The van der Waals surface area contributed by atoms with Gasteiger partial charge < -0.3 is 10.2 Å². The fraction of sp³-hybridized carbons (Fsp3) is 0.562. The minimum Gasteiger partial charge on any atom is -0.368 e. The van der Waals surface area contributed by atoms with Gasteiger partial charge in [0.2, 0.25) is 15.9 Å². The highest BCUT2D eigenvalue weighted by molar-refractivity contribution is 7.91. The smallest absolute Gasteiger partial charge is 0.238 e. The molecule has 27 heavy (non-hydrogen) atoms. The second-order valence-corrected chi connectivity index (χ2v) is 10.1. The summed E-state index contributed by atoms with van der Waals surface area (Å²) in [7, 11) is -7.65. The van der Waals surface area contributed by atoms with Gasteiger partial charge in [-0.15, -0.1) is 0 Å². The number of primary sulfonamides is 1. The molecule has 1 aliphatic rings. The molecule has 0 unspecified atom stereocenters. The molecular formula is C16H26N4O5S2. The summed E-state index contributed by atoms with van der Waals surface area (Å²) < 4.78 is 47.4. The van der Waals surface area contributed by atoms with Crippen LogP contribution in [0.5, 0.6) is 0 Å². The van der Waals surface area contributed by atoms with E-state index in [4.69, 9.17) is 5.14 Å². The molecule has 9 nitrogen and oxygen atoms in total. The first-order chi connectivity index (χ1) is 12.5. The molecule has 0 spiro atoms. The van der Waals surface area contributed by atoms with E-state index in [0.29, 0.717) is 45.0 Å². The van der Waals surface area contributed by atoms with Crippen LogP contribution in [0.3, 0.4) is 0 Å². The van der Waals surface area contributed by atoms with E-state index < -0.39 is 19.9 Å². The number of sulfonamides is 1. The third-order valence-corrected chi connectivity index (χ3v) is 6.35. The fourth-order valence-corrected chi connectivity index (χ4v) is 4.43. The van der Waals surface area contributed by atoms with Gasteiger partial charge in [0.05, 0.1) is 22.0 Å². The summed E-state index contributed by atoms with van der Waals surface area (Å²) in [4.78, 5) is 15.4. The predicted molar refractivity (Wildman–Crippen MR) is 103 cm³/mol. The number of carbonyl (C=O) groups is 1. The average Bonchev–Trinajstić information content (AvgIpc) is 2.58. The summed E-state index contributed by atoms with van der Waals surface area (Å²) in [6.07, 6.45) is 1.91. The number of sulfone groups is 1. The Morgan fingerprint density at radius 2 is 1.78 bits per heavy atom. The summed E-state index contributed by atoms with van der Waals surface area (Å²) >= 11 is 0. The third kappa shape index (κ3) is 5.89. The van der Waals surface area contributed by atoms with Crippen molar-refractivity contribution < 1.29 is 21.6 Å². The molecule has 1 aromatic rings. The Morgan fingerprint density at radius 3 is 2.30 bits per heavy atom. The van der Waals surface area contributed by atoms with Crippen LogP contribution < -0.4 is 15.4 Å². The first kappa shape index (κ1) is 21.6. The lowest BCUT2D eigenvalue weighted by Crippen LogP contribution is -2.49. The van der Waals surface area contributed by atoms with Crippen LogP contribution in [0.1, 0.15) is 13.3 Å². The van der Waals surface area contributed by atoms with Crippen LogP contribution in [0.4, 0.5) is 5.69 Å². The van der Waals surface area contributed by atoms with Crippen LogP contribution in [-0.4, -0.2) is 73.2 Å². The Balaban J connectivity index is 2.15. The predicted octanol–water partition coefficient (Wildman–Crippen LogP) is -0.614. The number of amides is 1. The maximum absolute atomic E-state index is 12.2. The quantitative estimate of drug-likeness (QED) is 0.604. The average molecular weight is 419 g/mol. The molecule has 152 valence electrons. The second-order valence-electron chi connectivity index (χ2n) is 6.56. The van der Waals surface area contributed by atoms with Crippen LogP contribution in [0.2, 0.25) is 0 Å². The fourth-order valence-electron chi connectivity index (χ4n) is 2.90. The lowest BCUT2D eigenvalue weighted by Gasteiger charge is -2.36. The number of nitrogens with one attached hydrogen (secondary N) is 1. The molecular weight excluding hydrogens is 392 g/mol. The van der Waals surface area contributed by atoms with E-state index >= 15 is 0 Å². The maximum Gasteiger partial charge on any atom is 0.238 e. The third-order valence-electron chi connectivity index (χ3n) is 4.31. The second kappa shape index (κ2) is 8.55. The topological polar surface area (TPSA) is 130 Å². The monoisotopic (exact) mass is 418 g/mol. The van der Waals surface area contributed by atoms with Crippen LogP contribution >= 0.6 is 0 Å². The highest BCUT2D eigenvalue weighted by atomic mass is 32.2. The molecule has 0 aliphatic carbocycles. The van der Waals surface area contributed by atoms with Gasteiger partial charge in [0.1, 0.15) is 0 Å². The molecule has 1 fully saturated rings. The van der Waals surface area contributed by atoms with Crippen molar-refractivity contribution in [3.05, 3.63) is 18.2 Å². The summed E-state index contributed by atoms with van der Waals surface area (Å²) in [5.74, 6) is -0.0281. The number of carbonyl (C=O) groups excluding carboxylic acids is 1. The van der Waals surface area contributed by atoms with Crippen molar-refractivity contribution in [3.63, 3.8) is 0 Å². The van der Waals surface area contributed by atoms with Gasteiger partial charge in [-0.1, -0.05) is 6.92 Å². The largest absolute Gasteiger partial charge is 0.368 e. The number of nitrogens with two attached hydrogens (primary N) is 1. The zero-order valence-corrected chi connectivity index (χ0v) is 17.1. The molecule has 2 rings (SSSR count). The molecule has 0 atom stereocenters. The molecule has 1 amide bonds. The Kier molecular flexibility index (Phi) is 6.84. The number of piperazine rings is 1. The van der Waals surface area contributed by atoms with Gasteiger partial charge in [-0.05, 0) is 24.6 Å². The number of nitrogens with zero attached hydrogens (tertiary/aromatic N) is 2. The highest BCUT2D eigenvalue weighted by Crippen LogP contribution is 2.28. The molecule has 0 bridgehead atoms. The molecule has 1 aromatic carbocycles. The van der Waals surface area contributed by atoms with Crippen molar-refractivity contribution in [2.24, 2.45) is 5.14 Å². The molecule has 11 heteroatoms. The van der Waals surface area contributed by atoms with Gasteiger partial charge in [0, 0.05) is 39.0 Å². The maximum atomic E-state index is 12.2. The van der Waals surface area contributed by atoms with E-state index in [2.05, 4.69) is 5.32 Å². The molecule has 1 saturated heterocycles. The summed E-state index contributed by atoms with van der Waals surface area (Å²) in [5, 5.41) is 7.95. The van der Waals surface area contributed by atoms with E-state index in [1.54, 1.807) is 0 Å². The van der Waals surface area contributed by atoms with Crippen LogP contribution in [-0.2, 0) is 24.7 Å². The van der Waals surface area contributed by atoms with E-state index in [-0.39, 0.29) is 15.7 Å². The zero-order valence-electron chi connectivity index (χ0n) is 15.5. The molecule has 0 aromatic heterocycles. The Labute approximate surface area is 160 Å². The number of rotatable bonds is 7. The zero-order chi connectivity index (χ0) is 20.2. The van der Waals surface area contributed by atoms with Crippen molar-refractivity contribution in [1.29, 1.82) is 0 Å². The van der Waals surface area contributed by atoms with Crippen molar-refractivity contribution in [1.82, 2.24) is 10.2 Å². The van der Waals surface area contributed by atoms with Crippen LogP contribution in [0.25, 0.3) is 0 Å². The Morgan fingerprint density at radius 1 is 1.15 bits per heavy atom. The van der Waals surface area contributed by atoms with Gasteiger partial charge in [-0.2, -0.15) is 0 Å². The van der Waals surface area contributed by atoms with Crippen molar-refractivity contribution >= 4 is 31.5 Å². The Hall–Kier alpha value is -1.69. The lowest BCUT2D eigenvalue weighted by molar-refractivity contribution is -0.122. The summed E-state index contributed by atoms with van der Waals surface area (Å²) in [5.41, 5.74) is 0.444. The lowest BCUT2D eigenvalue weighted by atomic mass is 10.2. The number of hydrogen-bond donors (Lipinski definition) is 2. The molecule has 0 saturated carbocycles.